The molecule has 110 valence electrons. The Hall–Kier alpha value is -1.63. The fourth-order valence-electron chi connectivity index (χ4n) is 1.88. The van der Waals surface area contributed by atoms with Gasteiger partial charge in [0.05, 0.1) is 32.0 Å². The van der Waals surface area contributed by atoms with E-state index in [1.54, 1.807) is 31.2 Å². The van der Waals surface area contributed by atoms with Gasteiger partial charge in [-0.1, -0.05) is 12.1 Å². The van der Waals surface area contributed by atoms with Crippen LogP contribution in [0.5, 0.6) is 0 Å². The Bertz CT molecular complexity index is 427. The molecule has 0 bridgehead atoms. The van der Waals surface area contributed by atoms with Crippen molar-refractivity contribution in [1.82, 2.24) is 5.32 Å². The second kappa shape index (κ2) is 7.23. The number of carbonyl (C=O) groups excluding carboxylic acids is 1. The van der Waals surface area contributed by atoms with Crippen molar-refractivity contribution in [3.05, 3.63) is 29.8 Å². The second-order valence-corrected chi connectivity index (χ2v) is 4.70. The fraction of sp³-hybridized carbons (Fsp3) is 0.500. The number of carbonyl (C=O) groups is 1. The summed E-state index contributed by atoms with van der Waals surface area (Å²) < 4.78 is 10.7. The van der Waals surface area contributed by atoms with Gasteiger partial charge in [-0.2, -0.15) is 0 Å². The molecule has 1 aliphatic rings. The predicted octanol–water partition coefficient (Wildman–Crippen LogP) is 1.28. The number of benzene rings is 1. The molecule has 2 unspecified atom stereocenters. The highest BCUT2D eigenvalue weighted by Gasteiger charge is 2.15. The minimum atomic E-state index is -0.513. The molecule has 0 aliphatic carbocycles. The lowest BCUT2D eigenvalue weighted by Gasteiger charge is -2.23. The van der Waals surface area contributed by atoms with Crippen LogP contribution in [0.1, 0.15) is 18.6 Å². The molecule has 2 atom stereocenters. The highest BCUT2D eigenvalue weighted by atomic mass is 16.6. The van der Waals surface area contributed by atoms with Gasteiger partial charge in [-0.3, -0.25) is 0 Å². The van der Waals surface area contributed by atoms with Crippen molar-refractivity contribution < 1.29 is 19.4 Å². The number of hydrogen-bond donors (Lipinski definition) is 3. The zero-order valence-corrected chi connectivity index (χ0v) is 11.5. The lowest BCUT2D eigenvalue weighted by atomic mass is 10.1. The number of aliphatic hydroxyl groups is 1. The first-order chi connectivity index (χ1) is 9.65. The fourth-order valence-corrected chi connectivity index (χ4v) is 1.88. The van der Waals surface area contributed by atoms with Crippen LogP contribution in [0.25, 0.3) is 0 Å². The lowest BCUT2D eigenvalue weighted by molar-refractivity contribution is -0.0852. The van der Waals surface area contributed by atoms with Crippen molar-refractivity contribution in [2.45, 2.75) is 19.1 Å². The molecule has 2 amide bonds. The minimum Gasteiger partial charge on any atom is -0.389 e. The summed E-state index contributed by atoms with van der Waals surface area (Å²) in [4.78, 5) is 11.7. The maximum atomic E-state index is 11.7. The average molecular weight is 280 g/mol. The van der Waals surface area contributed by atoms with Crippen molar-refractivity contribution in [3.63, 3.8) is 0 Å². The molecule has 1 aliphatic heterocycles. The molecular formula is C14H20N2O4. The topological polar surface area (TPSA) is 79.8 Å². The third kappa shape index (κ3) is 4.48. The molecule has 1 fully saturated rings. The van der Waals surface area contributed by atoms with Crippen molar-refractivity contribution in [2.24, 2.45) is 0 Å². The number of rotatable bonds is 4. The van der Waals surface area contributed by atoms with Crippen LogP contribution in [0.4, 0.5) is 10.5 Å². The minimum absolute atomic E-state index is 0.0906. The van der Waals surface area contributed by atoms with E-state index in [1.807, 2.05) is 0 Å². The number of anilines is 1. The summed E-state index contributed by atoms with van der Waals surface area (Å²) in [7, 11) is 0. The molecule has 2 rings (SSSR count). The standard InChI is InChI=1S/C14H20N2O4/c1-10(17)11-2-4-12(5-3-11)16-14(18)15-8-13-9-19-6-7-20-13/h2-5,10,13,17H,6-9H2,1H3,(H2,15,16,18). The Labute approximate surface area is 118 Å². The van der Waals surface area contributed by atoms with Gasteiger partial charge in [0.1, 0.15) is 0 Å². The Morgan fingerprint density at radius 3 is 2.75 bits per heavy atom. The molecule has 0 spiro atoms. The molecule has 0 aromatic heterocycles. The van der Waals surface area contributed by atoms with Crippen LogP contribution in [0.15, 0.2) is 24.3 Å². The smallest absolute Gasteiger partial charge is 0.319 e. The number of aliphatic hydroxyl groups excluding tert-OH is 1. The number of hydrogen-bond acceptors (Lipinski definition) is 4. The third-order valence-corrected chi connectivity index (χ3v) is 3.03. The first-order valence-corrected chi connectivity index (χ1v) is 6.67. The van der Waals surface area contributed by atoms with Gasteiger partial charge in [0, 0.05) is 12.2 Å². The molecule has 1 saturated heterocycles. The molecule has 1 aromatic carbocycles. The van der Waals surface area contributed by atoms with Crippen LogP contribution in [0.3, 0.4) is 0 Å². The lowest BCUT2D eigenvalue weighted by Crippen LogP contribution is -2.41. The van der Waals surface area contributed by atoms with E-state index in [-0.39, 0.29) is 12.1 Å². The van der Waals surface area contributed by atoms with E-state index in [1.165, 1.54) is 0 Å². The van der Waals surface area contributed by atoms with Gasteiger partial charge < -0.3 is 25.2 Å². The molecule has 6 heteroatoms. The Kier molecular flexibility index (Phi) is 5.34. The van der Waals surface area contributed by atoms with Gasteiger partial charge in [0.2, 0.25) is 0 Å². The van der Waals surface area contributed by atoms with Crippen LogP contribution in [0, 0.1) is 0 Å². The molecule has 6 nitrogen and oxygen atoms in total. The summed E-state index contributed by atoms with van der Waals surface area (Å²) in [6.45, 7) is 3.79. The van der Waals surface area contributed by atoms with E-state index in [0.717, 1.165) is 5.56 Å². The summed E-state index contributed by atoms with van der Waals surface area (Å²) in [6.07, 6.45) is -0.603. The first kappa shape index (κ1) is 14.8. The van der Waals surface area contributed by atoms with Crippen molar-refractivity contribution >= 4 is 11.7 Å². The Morgan fingerprint density at radius 2 is 2.15 bits per heavy atom. The molecule has 1 heterocycles. The highest BCUT2D eigenvalue weighted by molar-refractivity contribution is 5.89. The van der Waals surface area contributed by atoms with Gasteiger partial charge in [0.15, 0.2) is 0 Å². The summed E-state index contributed by atoms with van der Waals surface area (Å²) in [5, 5.41) is 14.9. The Balaban J connectivity index is 1.75. The molecule has 0 saturated carbocycles. The zero-order valence-electron chi connectivity index (χ0n) is 11.5. The second-order valence-electron chi connectivity index (χ2n) is 4.70. The first-order valence-electron chi connectivity index (χ1n) is 6.67. The highest BCUT2D eigenvalue weighted by Crippen LogP contribution is 2.15. The molecular weight excluding hydrogens is 260 g/mol. The van der Waals surface area contributed by atoms with Crippen LogP contribution in [0.2, 0.25) is 0 Å². The van der Waals surface area contributed by atoms with E-state index < -0.39 is 6.10 Å². The predicted molar refractivity (Wildman–Crippen MR) is 74.7 cm³/mol. The molecule has 20 heavy (non-hydrogen) atoms. The number of amides is 2. The van der Waals surface area contributed by atoms with E-state index in [0.29, 0.717) is 32.1 Å². The largest absolute Gasteiger partial charge is 0.389 e. The quantitative estimate of drug-likeness (QED) is 0.776. The monoisotopic (exact) mass is 280 g/mol. The van der Waals surface area contributed by atoms with Gasteiger partial charge in [-0.15, -0.1) is 0 Å². The van der Waals surface area contributed by atoms with Crippen LogP contribution < -0.4 is 10.6 Å². The maximum Gasteiger partial charge on any atom is 0.319 e. The van der Waals surface area contributed by atoms with Crippen molar-refractivity contribution in [2.75, 3.05) is 31.7 Å². The van der Waals surface area contributed by atoms with E-state index in [9.17, 15) is 9.90 Å². The Morgan fingerprint density at radius 1 is 1.40 bits per heavy atom. The zero-order chi connectivity index (χ0) is 14.4. The molecule has 3 N–H and O–H groups in total. The average Bonchev–Trinajstić information content (AvgIpc) is 2.47. The van der Waals surface area contributed by atoms with Gasteiger partial charge >= 0.3 is 6.03 Å². The van der Waals surface area contributed by atoms with E-state index in [4.69, 9.17) is 9.47 Å². The SMILES string of the molecule is CC(O)c1ccc(NC(=O)NCC2COCCO2)cc1. The van der Waals surface area contributed by atoms with Crippen molar-refractivity contribution in [1.29, 1.82) is 0 Å². The summed E-state index contributed by atoms with van der Waals surface area (Å²) >= 11 is 0. The van der Waals surface area contributed by atoms with E-state index in [2.05, 4.69) is 10.6 Å². The molecule has 1 aromatic rings. The van der Waals surface area contributed by atoms with Gasteiger partial charge in [-0.05, 0) is 24.6 Å². The van der Waals surface area contributed by atoms with Crippen LogP contribution in [-0.4, -0.2) is 43.6 Å². The number of ether oxygens (including phenoxy) is 2. The van der Waals surface area contributed by atoms with E-state index >= 15 is 0 Å². The summed E-state index contributed by atoms with van der Waals surface area (Å²) in [5.74, 6) is 0. The summed E-state index contributed by atoms with van der Waals surface area (Å²) in [6, 6.07) is 6.77. The molecule has 0 radical (unpaired) electrons. The number of nitrogens with one attached hydrogen (secondary N) is 2. The third-order valence-electron chi connectivity index (χ3n) is 3.03. The van der Waals surface area contributed by atoms with Gasteiger partial charge in [-0.25, -0.2) is 4.79 Å². The number of urea groups is 1. The maximum absolute atomic E-state index is 11.7. The van der Waals surface area contributed by atoms with Crippen molar-refractivity contribution in [3.8, 4) is 0 Å². The normalized spacial score (nSPS) is 20.2. The van der Waals surface area contributed by atoms with Crippen LogP contribution in [-0.2, 0) is 9.47 Å². The summed E-state index contributed by atoms with van der Waals surface area (Å²) in [5.41, 5.74) is 1.48. The van der Waals surface area contributed by atoms with Gasteiger partial charge in [0.25, 0.3) is 0 Å². The van der Waals surface area contributed by atoms with Crippen LogP contribution >= 0.6 is 0 Å².